The third-order valence-corrected chi connectivity index (χ3v) is 8.88. The topological polar surface area (TPSA) is 120 Å². The second-order valence-electron chi connectivity index (χ2n) is 12.3. The van der Waals surface area contributed by atoms with Crippen LogP contribution in [0.1, 0.15) is 85.4 Å². The van der Waals surface area contributed by atoms with Gasteiger partial charge in [0.25, 0.3) is 0 Å². The van der Waals surface area contributed by atoms with Gasteiger partial charge in [-0.3, -0.25) is 14.4 Å². The summed E-state index contributed by atoms with van der Waals surface area (Å²) < 4.78 is 22.7. The summed E-state index contributed by atoms with van der Waals surface area (Å²) in [5, 5.41) is 3.08. The normalized spacial score (nSPS) is 24.7. The number of amides is 2. The molecular formula is C34H40N2O8. The number of likely N-dealkylation sites (tertiary alicyclic amines) is 1. The van der Waals surface area contributed by atoms with E-state index < -0.39 is 30.2 Å². The average molecular weight is 605 g/mol. The molecule has 234 valence electrons. The van der Waals surface area contributed by atoms with Crippen LogP contribution in [0.5, 0.6) is 5.75 Å². The zero-order valence-electron chi connectivity index (χ0n) is 25.1. The van der Waals surface area contributed by atoms with Gasteiger partial charge in [-0.2, -0.15) is 0 Å². The van der Waals surface area contributed by atoms with Gasteiger partial charge in [-0.25, -0.2) is 4.79 Å². The Bertz CT molecular complexity index is 1350. The Morgan fingerprint density at radius 2 is 1.75 bits per heavy atom. The summed E-state index contributed by atoms with van der Waals surface area (Å²) in [5.41, 5.74) is 2.64. The highest BCUT2D eigenvalue weighted by Gasteiger charge is 2.36. The zero-order chi connectivity index (χ0) is 30.6. The van der Waals surface area contributed by atoms with E-state index in [9.17, 15) is 19.2 Å². The molecule has 0 radical (unpaired) electrons. The molecule has 3 saturated heterocycles. The number of piperidine rings is 1. The number of ether oxygens (including phenoxy) is 4. The number of carbonyl (C=O) groups excluding carboxylic acids is 4. The Morgan fingerprint density at radius 3 is 2.41 bits per heavy atom. The molecule has 2 amide bonds. The van der Waals surface area contributed by atoms with E-state index in [-0.39, 0.29) is 36.9 Å². The van der Waals surface area contributed by atoms with Crippen molar-refractivity contribution in [2.45, 2.75) is 82.1 Å². The maximum atomic E-state index is 13.0. The number of rotatable bonds is 10. The van der Waals surface area contributed by atoms with Crippen molar-refractivity contribution >= 4 is 23.8 Å². The second kappa shape index (κ2) is 13.4. The van der Waals surface area contributed by atoms with Gasteiger partial charge in [0, 0.05) is 13.2 Å². The quantitative estimate of drug-likeness (QED) is 0.403. The van der Waals surface area contributed by atoms with Crippen molar-refractivity contribution in [3.05, 3.63) is 65.2 Å². The lowest BCUT2D eigenvalue weighted by atomic mass is 10.00. The van der Waals surface area contributed by atoms with Gasteiger partial charge in [0.2, 0.25) is 11.8 Å². The summed E-state index contributed by atoms with van der Waals surface area (Å²) in [6, 6.07) is 14.8. The van der Waals surface area contributed by atoms with Crippen molar-refractivity contribution in [3.63, 3.8) is 0 Å². The molecule has 0 spiro atoms. The smallest absolute Gasteiger partial charge is 0.338 e. The monoisotopic (exact) mass is 604 g/mol. The molecule has 5 atom stereocenters. The molecule has 3 aliphatic heterocycles. The van der Waals surface area contributed by atoms with Crippen LogP contribution in [0.4, 0.5) is 0 Å². The van der Waals surface area contributed by atoms with Crippen LogP contribution in [0, 0.1) is 5.92 Å². The first kappa shape index (κ1) is 30.1. The third-order valence-electron chi connectivity index (χ3n) is 8.88. The van der Waals surface area contributed by atoms with E-state index in [4.69, 9.17) is 18.9 Å². The predicted octanol–water partition coefficient (Wildman–Crippen LogP) is 4.08. The molecule has 1 aliphatic carbocycles. The Hall–Kier alpha value is -3.92. The van der Waals surface area contributed by atoms with Gasteiger partial charge < -0.3 is 29.2 Å². The van der Waals surface area contributed by atoms with Gasteiger partial charge in [0.15, 0.2) is 0 Å². The Morgan fingerprint density at radius 1 is 0.977 bits per heavy atom. The van der Waals surface area contributed by atoms with Crippen molar-refractivity contribution in [2.24, 2.45) is 5.92 Å². The first-order valence-electron chi connectivity index (χ1n) is 15.8. The molecule has 2 aromatic carbocycles. The minimum atomic E-state index is -0.473. The molecule has 2 aromatic rings. The van der Waals surface area contributed by atoms with E-state index in [1.165, 1.54) is 18.4 Å². The highest BCUT2D eigenvalue weighted by Crippen LogP contribution is 2.40. The second-order valence-corrected chi connectivity index (χ2v) is 12.3. The Labute approximate surface area is 257 Å². The zero-order valence-corrected chi connectivity index (χ0v) is 25.1. The molecule has 0 aromatic heterocycles. The van der Waals surface area contributed by atoms with Crippen LogP contribution < -0.4 is 10.1 Å². The first-order chi connectivity index (χ1) is 21.3. The lowest BCUT2D eigenvalue weighted by Crippen LogP contribution is -2.46. The summed E-state index contributed by atoms with van der Waals surface area (Å²) >= 11 is 0. The summed E-state index contributed by atoms with van der Waals surface area (Å²) in [6.07, 6.45) is 4.17. The number of benzene rings is 2. The Kier molecular flexibility index (Phi) is 9.16. The molecule has 0 bridgehead atoms. The van der Waals surface area contributed by atoms with Crippen molar-refractivity contribution in [3.8, 4) is 5.75 Å². The van der Waals surface area contributed by atoms with Crippen molar-refractivity contribution in [1.29, 1.82) is 0 Å². The van der Waals surface area contributed by atoms with Crippen molar-refractivity contribution < 1.29 is 38.1 Å². The lowest BCUT2D eigenvalue weighted by molar-refractivity contribution is -0.139. The van der Waals surface area contributed by atoms with E-state index in [0.717, 1.165) is 12.0 Å². The van der Waals surface area contributed by atoms with Gasteiger partial charge in [-0.15, -0.1) is 0 Å². The molecule has 3 heterocycles. The van der Waals surface area contributed by atoms with Gasteiger partial charge in [-0.05, 0) is 86.8 Å². The number of nitrogens with zero attached hydrogens (tertiary/aromatic N) is 1. The SMILES string of the molecule is CC(NC(=O)[C@H]1CCCO1)C(Oc1ccc(C(=O)O[C@H]2CCCN(C(=O)[C@@H]3COC(=O)C3)C2)cc1)c1ccc(C2CC2)cc1. The summed E-state index contributed by atoms with van der Waals surface area (Å²) in [7, 11) is 0. The average Bonchev–Trinajstić information content (AvgIpc) is 3.55. The van der Waals surface area contributed by atoms with E-state index in [0.29, 0.717) is 56.2 Å². The number of hydrogen-bond acceptors (Lipinski definition) is 8. The number of nitrogens with one attached hydrogen (secondary N) is 1. The van der Waals surface area contributed by atoms with E-state index in [1.54, 1.807) is 29.2 Å². The molecule has 1 saturated carbocycles. The van der Waals surface area contributed by atoms with Crippen LogP contribution in [0.15, 0.2) is 48.5 Å². The minimum Gasteiger partial charge on any atom is -0.484 e. The van der Waals surface area contributed by atoms with Gasteiger partial charge in [0.1, 0.15) is 30.7 Å². The fourth-order valence-electron chi connectivity index (χ4n) is 6.21. The number of cyclic esters (lactones) is 1. The van der Waals surface area contributed by atoms with Gasteiger partial charge >= 0.3 is 11.9 Å². The number of hydrogen-bond donors (Lipinski definition) is 1. The van der Waals surface area contributed by atoms with Gasteiger partial charge in [0.05, 0.1) is 30.5 Å². The summed E-state index contributed by atoms with van der Waals surface area (Å²) in [5.74, 6) is -0.362. The minimum absolute atomic E-state index is 0.0981. The molecule has 10 heteroatoms. The van der Waals surface area contributed by atoms with Crippen LogP contribution in [0.3, 0.4) is 0 Å². The lowest BCUT2D eigenvalue weighted by Gasteiger charge is -2.33. The van der Waals surface area contributed by atoms with Crippen LogP contribution >= 0.6 is 0 Å². The summed E-state index contributed by atoms with van der Waals surface area (Å²) in [4.78, 5) is 51.7. The predicted molar refractivity (Wildman–Crippen MR) is 159 cm³/mol. The molecule has 1 N–H and O–H groups in total. The maximum absolute atomic E-state index is 13.0. The molecule has 44 heavy (non-hydrogen) atoms. The number of carbonyl (C=O) groups is 4. The van der Waals surface area contributed by atoms with Crippen LogP contribution in [0.25, 0.3) is 0 Å². The van der Waals surface area contributed by atoms with Crippen molar-refractivity contribution in [2.75, 3.05) is 26.3 Å². The fourth-order valence-corrected chi connectivity index (χ4v) is 6.21. The fraction of sp³-hybridized carbons (Fsp3) is 0.529. The molecular weight excluding hydrogens is 564 g/mol. The van der Waals surface area contributed by atoms with E-state index >= 15 is 0 Å². The van der Waals surface area contributed by atoms with E-state index in [1.807, 2.05) is 6.92 Å². The molecule has 10 nitrogen and oxygen atoms in total. The largest absolute Gasteiger partial charge is 0.484 e. The number of esters is 2. The highest BCUT2D eigenvalue weighted by molar-refractivity contribution is 5.90. The van der Waals surface area contributed by atoms with Crippen LogP contribution in [-0.2, 0) is 28.6 Å². The van der Waals surface area contributed by atoms with Crippen molar-refractivity contribution in [1.82, 2.24) is 10.2 Å². The molecule has 2 unspecified atom stereocenters. The standard InChI is InChI=1S/C34H40N2O8/c1-21(35-32(38)29-5-3-17-41-29)31(24-10-8-23(9-11-24)22-6-7-22)43-27-14-12-25(13-15-27)34(40)44-28-4-2-16-36(19-28)33(39)26-18-30(37)42-20-26/h8-15,21-22,26,28-29,31H,2-7,16-20H2,1H3,(H,35,38)/t21?,26-,28-,29+,31?/m0/s1. The van der Waals surface area contributed by atoms with Crippen LogP contribution in [-0.4, -0.2) is 73.2 Å². The molecule has 4 aliphatic rings. The first-order valence-corrected chi connectivity index (χ1v) is 15.8. The Balaban J connectivity index is 1.08. The van der Waals surface area contributed by atoms with Gasteiger partial charge in [-0.1, -0.05) is 24.3 Å². The third kappa shape index (κ3) is 7.23. The summed E-state index contributed by atoms with van der Waals surface area (Å²) in [6.45, 7) is 3.50. The highest BCUT2D eigenvalue weighted by atomic mass is 16.5. The maximum Gasteiger partial charge on any atom is 0.338 e. The van der Waals surface area contributed by atoms with E-state index in [2.05, 4.69) is 29.6 Å². The van der Waals surface area contributed by atoms with Crippen LogP contribution in [0.2, 0.25) is 0 Å². The molecule has 6 rings (SSSR count). The molecule has 4 fully saturated rings.